The van der Waals surface area contributed by atoms with Crippen LogP contribution in [0.15, 0.2) is 23.2 Å². The van der Waals surface area contributed by atoms with E-state index in [0.717, 1.165) is 30.4 Å². The van der Waals surface area contributed by atoms with Crippen LogP contribution in [-0.4, -0.2) is 43.7 Å². The van der Waals surface area contributed by atoms with Gasteiger partial charge in [-0.25, -0.2) is 0 Å². The van der Waals surface area contributed by atoms with Crippen molar-refractivity contribution in [2.24, 2.45) is 0 Å². The summed E-state index contributed by atoms with van der Waals surface area (Å²) >= 11 is 3.50. The molecule has 0 aromatic carbocycles. The lowest BCUT2D eigenvalue weighted by Gasteiger charge is -2.38. The molecular formula is C18H30BrNO2Si. The molecule has 0 aromatic rings. The Morgan fingerprint density at radius 3 is 2.65 bits per heavy atom. The van der Waals surface area contributed by atoms with Gasteiger partial charge in [0.2, 0.25) is 0 Å². The maximum Gasteiger partial charge on any atom is 0.192 e. The highest BCUT2D eigenvalue weighted by molar-refractivity contribution is 9.11. The van der Waals surface area contributed by atoms with E-state index in [1.165, 1.54) is 0 Å². The molecule has 1 aliphatic heterocycles. The van der Waals surface area contributed by atoms with Crippen molar-refractivity contribution in [1.29, 1.82) is 0 Å². The molecule has 1 saturated heterocycles. The molecule has 0 saturated carbocycles. The third-order valence-electron chi connectivity index (χ3n) is 5.65. The smallest absolute Gasteiger partial charge is 0.192 e. The molecule has 1 heterocycles. The van der Waals surface area contributed by atoms with Crippen LogP contribution >= 0.6 is 15.9 Å². The molecule has 0 radical (unpaired) electrons. The van der Waals surface area contributed by atoms with Gasteiger partial charge in [-0.1, -0.05) is 49.4 Å². The van der Waals surface area contributed by atoms with Crippen LogP contribution in [0.3, 0.4) is 0 Å². The zero-order valence-electron chi connectivity index (χ0n) is 15.1. The molecule has 1 aliphatic carbocycles. The van der Waals surface area contributed by atoms with Crippen molar-refractivity contribution in [3.63, 3.8) is 0 Å². The fourth-order valence-electron chi connectivity index (χ4n) is 3.31. The van der Waals surface area contributed by atoms with Gasteiger partial charge in [0.1, 0.15) is 0 Å². The first kappa shape index (κ1) is 19.1. The van der Waals surface area contributed by atoms with E-state index < -0.39 is 8.32 Å². The van der Waals surface area contributed by atoms with Gasteiger partial charge >= 0.3 is 0 Å². The number of ketones is 1. The van der Waals surface area contributed by atoms with E-state index in [0.29, 0.717) is 6.42 Å². The number of allylic oxidation sites excluding steroid dienone is 1. The Labute approximate surface area is 150 Å². The number of rotatable bonds is 4. The van der Waals surface area contributed by atoms with Gasteiger partial charge in [-0.2, -0.15) is 0 Å². The Bertz CT molecular complexity index is 524. The van der Waals surface area contributed by atoms with Crippen molar-refractivity contribution >= 4 is 30.0 Å². The third kappa shape index (κ3) is 4.24. The number of hydrogen-bond acceptors (Lipinski definition) is 3. The zero-order valence-corrected chi connectivity index (χ0v) is 17.7. The lowest BCUT2D eigenvalue weighted by Crippen LogP contribution is -2.44. The lowest BCUT2D eigenvalue weighted by atomic mass is 9.84. The third-order valence-corrected chi connectivity index (χ3v) is 10.4. The number of halogens is 1. The summed E-state index contributed by atoms with van der Waals surface area (Å²) in [6.45, 7) is 17.2. The highest BCUT2D eigenvalue weighted by Crippen LogP contribution is 2.43. The summed E-state index contributed by atoms with van der Waals surface area (Å²) in [5, 5.41) is 0.213. The molecule has 1 fully saturated rings. The first-order valence-corrected chi connectivity index (χ1v) is 12.1. The minimum atomic E-state index is -1.79. The second-order valence-electron chi connectivity index (χ2n) is 8.51. The normalized spacial score (nSPS) is 29.5. The van der Waals surface area contributed by atoms with Gasteiger partial charge in [0.15, 0.2) is 14.1 Å². The van der Waals surface area contributed by atoms with Crippen LogP contribution in [0, 0.1) is 0 Å². The Balaban J connectivity index is 2.19. The summed E-state index contributed by atoms with van der Waals surface area (Å²) in [7, 11) is -1.79. The average Bonchev–Trinajstić information content (AvgIpc) is 2.68. The van der Waals surface area contributed by atoms with Gasteiger partial charge in [-0.05, 0) is 37.0 Å². The van der Waals surface area contributed by atoms with Crippen LogP contribution in [0.1, 0.15) is 40.0 Å². The summed E-state index contributed by atoms with van der Waals surface area (Å²) < 4.78 is 7.64. The summed E-state index contributed by atoms with van der Waals surface area (Å²) in [6, 6.07) is 0. The molecule has 0 aromatic heterocycles. The quantitative estimate of drug-likeness (QED) is 0.644. The van der Waals surface area contributed by atoms with E-state index >= 15 is 0 Å². The highest BCUT2D eigenvalue weighted by atomic mass is 79.9. The van der Waals surface area contributed by atoms with E-state index in [4.69, 9.17) is 4.43 Å². The fourth-order valence-corrected chi connectivity index (χ4v) is 4.95. The second-order valence-corrected chi connectivity index (χ2v) is 14.4. The molecule has 2 rings (SSSR count). The topological polar surface area (TPSA) is 29.5 Å². The van der Waals surface area contributed by atoms with Crippen molar-refractivity contribution in [2.75, 3.05) is 13.1 Å². The van der Waals surface area contributed by atoms with E-state index in [1.807, 2.05) is 0 Å². The summed E-state index contributed by atoms with van der Waals surface area (Å²) in [6.07, 6.45) is 6.62. The lowest BCUT2D eigenvalue weighted by molar-refractivity contribution is -0.115. The van der Waals surface area contributed by atoms with E-state index in [1.54, 1.807) is 6.08 Å². The van der Waals surface area contributed by atoms with Gasteiger partial charge in [-0.3, -0.25) is 9.69 Å². The minimum Gasteiger partial charge on any atom is -0.413 e. The molecular weight excluding hydrogens is 370 g/mol. The summed E-state index contributed by atoms with van der Waals surface area (Å²) in [5.74, 6) is 0.238. The number of likely N-dealkylation sites (tertiary alicyclic amines) is 1. The molecule has 3 nitrogen and oxygen atoms in total. The SMILES string of the molecule is C=C(Br)CN1C[C@H](O[Si](C)(C)C(C)(C)C)C[C@@]12C=CC(=O)CC2. The Hall–Kier alpha value is -0.233. The van der Waals surface area contributed by atoms with Gasteiger partial charge in [-0.15, -0.1) is 0 Å². The Morgan fingerprint density at radius 1 is 1.52 bits per heavy atom. The van der Waals surface area contributed by atoms with Crippen LogP contribution in [-0.2, 0) is 9.22 Å². The standard InChI is InChI=1S/C18H30BrNO2Si/c1-14(19)12-20-13-16(22-23(5,6)17(2,3)4)11-18(20)9-7-15(21)8-10-18/h7,9,16H,1,8,10-13H2,2-6H3/t16-,18+/m1/s1. The largest absolute Gasteiger partial charge is 0.413 e. The summed E-state index contributed by atoms with van der Waals surface area (Å²) in [5.41, 5.74) is -0.0440. The number of nitrogens with zero attached hydrogens (tertiary/aromatic N) is 1. The maximum atomic E-state index is 11.6. The van der Waals surface area contributed by atoms with Crippen LogP contribution in [0.2, 0.25) is 18.1 Å². The number of carbonyl (C=O) groups excluding carboxylic acids is 1. The predicted octanol–water partition coefficient (Wildman–Crippen LogP) is 4.65. The number of hydrogen-bond donors (Lipinski definition) is 0. The van der Waals surface area contributed by atoms with Crippen LogP contribution < -0.4 is 0 Å². The second kappa shape index (κ2) is 6.58. The zero-order chi connectivity index (χ0) is 17.5. The molecule has 0 unspecified atom stereocenters. The van der Waals surface area contributed by atoms with Gasteiger partial charge in [0, 0.05) is 29.5 Å². The number of carbonyl (C=O) groups is 1. The molecule has 5 heteroatoms. The van der Waals surface area contributed by atoms with Crippen molar-refractivity contribution in [2.45, 2.75) is 69.8 Å². The van der Waals surface area contributed by atoms with Crippen LogP contribution in [0.25, 0.3) is 0 Å². The first-order chi connectivity index (χ1) is 10.5. The maximum absolute atomic E-state index is 11.6. The molecule has 2 aliphatic rings. The Kier molecular flexibility index (Phi) is 5.46. The van der Waals surface area contributed by atoms with E-state index in [9.17, 15) is 4.79 Å². The van der Waals surface area contributed by atoms with Crippen molar-refractivity contribution in [3.05, 3.63) is 23.2 Å². The fraction of sp³-hybridized carbons (Fsp3) is 0.722. The molecule has 0 bridgehead atoms. The average molecular weight is 400 g/mol. The van der Waals surface area contributed by atoms with Crippen molar-refractivity contribution < 1.29 is 9.22 Å². The highest BCUT2D eigenvalue weighted by Gasteiger charge is 2.48. The predicted molar refractivity (Wildman–Crippen MR) is 102 cm³/mol. The molecule has 1 spiro atoms. The van der Waals surface area contributed by atoms with E-state index in [2.05, 4.69) is 67.4 Å². The van der Waals surface area contributed by atoms with Gasteiger partial charge < -0.3 is 4.43 Å². The van der Waals surface area contributed by atoms with Crippen molar-refractivity contribution in [1.82, 2.24) is 4.90 Å². The molecule has 2 atom stereocenters. The molecule has 0 amide bonds. The minimum absolute atomic E-state index is 0.0440. The van der Waals surface area contributed by atoms with Crippen LogP contribution in [0.5, 0.6) is 0 Å². The van der Waals surface area contributed by atoms with E-state index in [-0.39, 0.29) is 22.5 Å². The molecule has 23 heavy (non-hydrogen) atoms. The molecule has 130 valence electrons. The monoisotopic (exact) mass is 399 g/mol. The van der Waals surface area contributed by atoms with Gasteiger partial charge in [0.25, 0.3) is 0 Å². The van der Waals surface area contributed by atoms with Crippen molar-refractivity contribution in [3.8, 4) is 0 Å². The first-order valence-electron chi connectivity index (χ1n) is 8.43. The molecule has 0 N–H and O–H groups in total. The Morgan fingerprint density at radius 2 is 2.17 bits per heavy atom. The van der Waals surface area contributed by atoms with Gasteiger partial charge in [0.05, 0.1) is 6.10 Å². The van der Waals surface area contributed by atoms with Crippen LogP contribution in [0.4, 0.5) is 0 Å². The summed E-state index contributed by atoms with van der Waals surface area (Å²) in [4.78, 5) is 14.1.